The van der Waals surface area contributed by atoms with E-state index in [0.717, 1.165) is 42.1 Å². The Hall–Kier alpha value is -3.93. The number of amides is 2. The second-order valence-electron chi connectivity index (χ2n) is 6.82. The van der Waals surface area contributed by atoms with Gasteiger partial charge in [0.05, 0.1) is 21.1 Å². The number of halogens is 4. The van der Waals surface area contributed by atoms with E-state index < -0.39 is 40.0 Å². The molecule has 34 heavy (non-hydrogen) atoms. The normalized spacial score (nSPS) is 11.1. The first kappa shape index (κ1) is 24.7. The molecule has 0 heterocycles. The highest BCUT2D eigenvalue weighted by Crippen LogP contribution is 2.37. The number of hydrogen-bond donors (Lipinski definition) is 2. The molecule has 0 saturated heterocycles. The Morgan fingerprint density at radius 2 is 1.53 bits per heavy atom. The van der Waals surface area contributed by atoms with Crippen molar-refractivity contribution in [1.29, 1.82) is 0 Å². The molecule has 2 N–H and O–H groups in total. The van der Waals surface area contributed by atoms with Crippen LogP contribution in [0.4, 0.5) is 34.6 Å². The zero-order valence-corrected chi connectivity index (χ0v) is 18.1. The van der Waals surface area contributed by atoms with E-state index in [9.17, 15) is 37.3 Å². The molecule has 0 aliphatic heterocycles. The number of nitro benzene ring substituents is 1. The Morgan fingerprint density at radius 1 is 0.912 bits per heavy atom. The molecule has 0 spiro atoms. The Balaban J connectivity index is 1.88. The molecule has 0 atom stereocenters. The molecule has 2 amide bonds. The van der Waals surface area contributed by atoms with Gasteiger partial charge in [-0.2, -0.15) is 13.2 Å². The predicted molar refractivity (Wildman–Crippen MR) is 119 cm³/mol. The third kappa shape index (κ3) is 5.70. The molecule has 12 heteroatoms. The number of rotatable bonds is 6. The number of hydrogen-bond acceptors (Lipinski definition) is 5. The van der Waals surface area contributed by atoms with Gasteiger partial charge in [0.15, 0.2) is 0 Å². The standard InChI is InChI=1S/C22H15F4N3O4S/c1-34-19-9-4-13(10-18(19)29(32)33)21(31)28-17-8-7-15(11-16(17)22(24,25)26)27-20(30)12-2-5-14(23)6-3-12/h2-11H,1H3,(H,27,30)(H,28,31). The molecule has 176 valence electrons. The fraction of sp³-hybridized carbons (Fsp3) is 0.0909. The van der Waals surface area contributed by atoms with Crippen LogP contribution in [-0.2, 0) is 6.18 Å². The van der Waals surface area contributed by atoms with Crippen LogP contribution in [0, 0.1) is 15.9 Å². The van der Waals surface area contributed by atoms with E-state index >= 15 is 0 Å². The lowest BCUT2D eigenvalue weighted by Crippen LogP contribution is -2.18. The molecule has 0 aliphatic carbocycles. The number of anilines is 2. The summed E-state index contributed by atoms with van der Waals surface area (Å²) in [7, 11) is 0. The van der Waals surface area contributed by atoms with E-state index in [1.807, 2.05) is 0 Å². The number of nitro groups is 1. The third-order valence-electron chi connectivity index (χ3n) is 4.58. The first-order valence-corrected chi connectivity index (χ1v) is 10.6. The summed E-state index contributed by atoms with van der Waals surface area (Å²) in [5, 5.41) is 15.6. The van der Waals surface area contributed by atoms with Gasteiger partial charge in [0.2, 0.25) is 0 Å². The second-order valence-corrected chi connectivity index (χ2v) is 7.67. The summed E-state index contributed by atoms with van der Waals surface area (Å²) in [5.74, 6) is -2.32. The molecule has 0 unspecified atom stereocenters. The lowest BCUT2D eigenvalue weighted by molar-refractivity contribution is -0.387. The number of benzene rings is 3. The lowest BCUT2D eigenvalue weighted by Gasteiger charge is -2.16. The second kappa shape index (κ2) is 9.91. The molecule has 0 saturated carbocycles. The quantitative estimate of drug-likeness (QED) is 0.190. The molecule has 0 aliphatic rings. The van der Waals surface area contributed by atoms with Gasteiger partial charge >= 0.3 is 6.18 Å². The number of alkyl halides is 3. The molecule has 3 aromatic carbocycles. The van der Waals surface area contributed by atoms with E-state index in [0.29, 0.717) is 11.0 Å². The minimum atomic E-state index is -4.89. The topological polar surface area (TPSA) is 101 Å². The Kier molecular flexibility index (Phi) is 7.20. The Morgan fingerprint density at radius 3 is 2.12 bits per heavy atom. The van der Waals surface area contributed by atoms with Gasteiger partial charge in [-0.3, -0.25) is 19.7 Å². The van der Waals surface area contributed by atoms with Gasteiger partial charge < -0.3 is 10.6 Å². The Labute approximate surface area is 194 Å². The van der Waals surface area contributed by atoms with E-state index in [4.69, 9.17) is 0 Å². The average molecular weight is 493 g/mol. The monoisotopic (exact) mass is 493 g/mol. The minimum Gasteiger partial charge on any atom is -0.322 e. The first-order chi connectivity index (χ1) is 16.0. The highest BCUT2D eigenvalue weighted by atomic mass is 32.2. The zero-order valence-electron chi connectivity index (χ0n) is 17.3. The number of nitrogens with zero attached hydrogens (tertiary/aromatic N) is 1. The molecule has 3 rings (SSSR count). The summed E-state index contributed by atoms with van der Waals surface area (Å²) in [5.41, 5.74) is -2.58. The molecule has 0 fully saturated rings. The zero-order chi connectivity index (χ0) is 25.0. The fourth-order valence-corrected chi connectivity index (χ4v) is 3.49. The van der Waals surface area contributed by atoms with E-state index in [2.05, 4.69) is 10.6 Å². The summed E-state index contributed by atoms with van der Waals surface area (Å²) in [6.07, 6.45) is -3.29. The van der Waals surface area contributed by atoms with Crippen LogP contribution in [0.25, 0.3) is 0 Å². The van der Waals surface area contributed by atoms with Crippen molar-refractivity contribution in [3.05, 3.63) is 93.3 Å². The van der Waals surface area contributed by atoms with Gasteiger partial charge in [-0.05, 0) is 60.9 Å². The van der Waals surface area contributed by atoms with Crippen molar-refractivity contribution in [2.24, 2.45) is 0 Å². The molecule has 0 bridgehead atoms. The van der Waals surface area contributed by atoms with Crippen molar-refractivity contribution in [3.63, 3.8) is 0 Å². The smallest absolute Gasteiger partial charge is 0.322 e. The largest absolute Gasteiger partial charge is 0.418 e. The van der Waals surface area contributed by atoms with Crippen LogP contribution >= 0.6 is 11.8 Å². The maximum atomic E-state index is 13.7. The number of thioether (sulfide) groups is 1. The summed E-state index contributed by atoms with van der Waals surface area (Å²) < 4.78 is 54.0. The van der Waals surface area contributed by atoms with Gasteiger partial charge in [-0.15, -0.1) is 11.8 Å². The van der Waals surface area contributed by atoms with Crippen molar-refractivity contribution >= 4 is 40.6 Å². The number of carbonyl (C=O) groups excluding carboxylic acids is 2. The summed E-state index contributed by atoms with van der Waals surface area (Å²) >= 11 is 1.08. The van der Waals surface area contributed by atoms with Gasteiger partial charge in [-0.1, -0.05) is 0 Å². The minimum absolute atomic E-state index is 0.0302. The van der Waals surface area contributed by atoms with Crippen LogP contribution < -0.4 is 10.6 Å². The Bertz CT molecular complexity index is 1260. The van der Waals surface area contributed by atoms with Crippen LogP contribution in [0.3, 0.4) is 0 Å². The van der Waals surface area contributed by atoms with E-state index in [-0.39, 0.29) is 22.5 Å². The number of nitrogens with one attached hydrogen (secondary N) is 2. The van der Waals surface area contributed by atoms with E-state index in [1.54, 1.807) is 6.26 Å². The average Bonchev–Trinajstić information content (AvgIpc) is 2.79. The SMILES string of the molecule is CSc1ccc(C(=O)Nc2ccc(NC(=O)c3ccc(F)cc3)cc2C(F)(F)F)cc1[N+](=O)[O-]. The van der Waals surface area contributed by atoms with Crippen molar-refractivity contribution in [3.8, 4) is 0 Å². The van der Waals surface area contributed by atoms with Gasteiger partial charge in [-0.25, -0.2) is 4.39 Å². The van der Waals surface area contributed by atoms with Crippen molar-refractivity contribution in [2.75, 3.05) is 16.9 Å². The van der Waals surface area contributed by atoms with Crippen LogP contribution in [0.1, 0.15) is 26.3 Å². The maximum absolute atomic E-state index is 13.7. The molecular formula is C22H15F4N3O4S. The maximum Gasteiger partial charge on any atom is 0.418 e. The van der Waals surface area contributed by atoms with Gasteiger partial charge in [0, 0.05) is 22.9 Å². The summed E-state index contributed by atoms with van der Waals surface area (Å²) in [6.45, 7) is 0. The van der Waals surface area contributed by atoms with Gasteiger partial charge in [0.1, 0.15) is 5.82 Å². The van der Waals surface area contributed by atoms with Crippen LogP contribution in [0.5, 0.6) is 0 Å². The first-order valence-electron chi connectivity index (χ1n) is 9.41. The molecule has 0 aromatic heterocycles. The molecule has 7 nitrogen and oxygen atoms in total. The summed E-state index contributed by atoms with van der Waals surface area (Å²) in [6, 6.07) is 10.7. The summed E-state index contributed by atoms with van der Waals surface area (Å²) in [4.78, 5) is 35.6. The highest BCUT2D eigenvalue weighted by molar-refractivity contribution is 7.98. The van der Waals surface area contributed by atoms with Crippen LogP contribution in [-0.4, -0.2) is 23.0 Å². The predicted octanol–water partition coefficient (Wildman–Crippen LogP) is 5.98. The van der Waals surface area contributed by atoms with Crippen molar-refractivity contribution < 1.29 is 32.1 Å². The fourth-order valence-electron chi connectivity index (χ4n) is 2.94. The molecule has 3 aromatic rings. The van der Waals surface area contributed by atoms with Gasteiger partial charge in [0.25, 0.3) is 17.5 Å². The molecule has 0 radical (unpaired) electrons. The van der Waals surface area contributed by atoms with Crippen LogP contribution in [0.2, 0.25) is 0 Å². The lowest BCUT2D eigenvalue weighted by atomic mass is 10.1. The third-order valence-corrected chi connectivity index (χ3v) is 5.36. The van der Waals surface area contributed by atoms with Crippen molar-refractivity contribution in [2.45, 2.75) is 11.1 Å². The molecular weight excluding hydrogens is 478 g/mol. The van der Waals surface area contributed by atoms with Crippen molar-refractivity contribution in [1.82, 2.24) is 0 Å². The highest BCUT2D eigenvalue weighted by Gasteiger charge is 2.34. The van der Waals surface area contributed by atoms with Crippen LogP contribution in [0.15, 0.2) is 65.6 Å². The van der Waals surface area contributed by atoms with E-state index in [1.165, 1.54) is 24.3 Å². The number of carbonyl (C=O) groups is 2.